The van der Waals surface area contributed by atoms with Crippen LogP contribution in [-0.4, -0.2) is 32.5 Å². The maximum atomic E-state index is 14.9. The molecule has 1 aliphatic heterocycles. The first-order valence-corrected chi connectivity index (χ1v) is 10.6. The number of fused-ring (bicyclic) bond motifs is 2. The van der Waals surface area contributed by atoms with Crippen LogP contribution in [0.5, 0.6) is 5.75 Å². The van der Waals surface area contributed by atoms with E-state index in [9.17, 15) is 13.6 Å². The van der Waals surface area contributed by atoms with Gasteiger partial charge >= 0.3 is 0 Å². The fourth-order valence-corrected chi connectivity index (χ4v) is 4.08. The molecule has 0 aliphatic carbocycles. The van der Waals surface area contributed by atoms with Crippen molar-refractivity contribution in [3.8, 4) is 5.75 Å². The van der Waals surface area contributed by atoms with E-state index in [2.05, 4.69) is 25.4 Å². The van der Waals surface area contributed by atoms with Gasteiger partial charge in [-0.2, -0.15) is 5.10 Å². The minimum atomic E-state index is -1.02. The van der Waals surface area contributed by atoms with Gasteiger partial charge in [-0.3, -0.25) is 4.79 Å². The van der Waals surface area contributed by atoms with Crippen molar-refractivity contribution in [1.82, 2.24) is 14.6 Å². The van der Waals surface area contributed by atoms with Crippen LogP contribution in [0, 0.1) is 11.6 Å². The molecule has 0 saturated carbocycles. The number of halogens is 2. The number of hydrogen-bond acceptors (Lipinski definition) is 6. The monoisotopic (exact) mass is 455 g/mol. The van der Waals surface area contributed by atoms with Crippen LogP contribution in [0.4, 0.5) is 14.6 Å². The van der Waals surface area contributed by atoms with Gasteiger partial charge in [0.1, 0.15) is 17.2 Å². The molecule has 3 aromatic rings. The Labute approximate surface area is 188 Å². The summed E-state index contributed by atoms with van der Waals surface area (Å²) in [5.41, 5.74) is 9.05. The Hall–Kier alpha value is -3.72. The van der Waals surface area contributed by atoms with Gasteiger partial charge in [0, 0.05) is 29.5 Å². The Bertz CT molecular complexity index is 1290. The zero-order chi connectivity index (χ0) is 23.8. The Morgan fingerprint density at radius 2 is 2.27 bits per heavy atom. The van der Waals surface area contributed by atoms with Gasteiger partial charge in [0.05, 0.1) is 29.9 Å². The highest BCUT2D eigenvalue weighted by atomic mass is 19.2. The Balaban J connectivity index is 1.67. The van der Waals surface area contributed by atoms with Crippen molar-refractivity contribution in [2.24, 2.45) is 5.11 Å². The number of azide groups is 1. The van der Waals surface area contributed by atoms with Gasteiger partial charge in [0.2, 0.25) is 0 Å². The number of benzene rings is 1. The van der Waals surface area contributed by atoms with Crippen LogP contribution in [-0.2, 0) is 6.42 Å². The number of rotatable bonds is 8. The van der Waals surface area contributed by atoms with E-state index in [1.165, 1.54) is 10.7 Å². The van der Waals surface area contributed by atoms with Crippen molar-refractivity contribution < 1.29 is 18.3 Å². The smallest absolute Gasteiger partial charge is 0.168 e. The predicted octanol–water partition coefficient (Wildman–Crippen LogP) is 5.17. The lowest BCUT2D eigenvalue weighted by atomic mass is 9.96. The summed E-state index contributed by atoms with van der Waals surface area (Å²) in [6.07, 6.45) is 4.48. The number of nitrogens with one attached hydrogen (secondary N) is 1. The average molecular weight is 455 g/mol. The van der Waals surface area contributed by atoms with Crippen LogP contribution in [0.25, 0.3) is 16.1 Å². The molecule has 0 spiro atoms. The number of carbonyl (C=O) groups excluding carboxylic acids is 1. The molecule has 2 atom stereocenters. The zero-order valence-electron chi connectivity index (χ0n) is 18.5. The first kappa shape index (κ1) is 22.5. The fourth-order valence-electron chi connectivity index (χ4n) is 4.08. The number of Topliss-reactive ketones (excluding diaryl/α,β-unsaturated/α-hetero) is 1. The number of nitrogens with zero attached hydrogens (tertiary/aromatic N) is 6. The number of aromatic nitrogens is 3. The van der Waals surface area contributed by atoms with Crippen molar-refractivity contribution in [2.45, 2.75) is 51.7 Å². The van der Waals surface area contributed by atoms with E-state index < -0.39 is 23.3 Å². The molecule has 4 rings (SSSR count). The lowest BCUT2D eigenvalue weighted by Crippen LogP contribution is -2.33. The van der Waals surface area contributed by atoms with E-state index in [1.54, 1.807) is 26.1 Å². The van der Waals surface area contributed by atoms with Crippen molar-refractivity contribution in [1.29, 1.82) is 0 Å². The summed E-state index contributed by atoms with van der Waals surface area (Å²) in [5.74, 6) is -1.47. The van der Waals surface area contributed by atoms with Crippen LogP contribution in [0.1, 0.15) is 61.1 Å². The number of ether oxygens (including phenoxy) is 1. The Morgan fingerprint density at radius 3 is 3.00 bits per heavy atom. The molecule has 3 heterocycles. The van der Waals surface area contributed by atoms with E-state index in [0.717, 1.165) is 6.07 Å². The van der Waals surface area contributed by atoms with Crippen molar-refractivity contribution in [3.05, 3.63) is 63.3 Å². The third-order valence-corrected chi connectivity index (χ3v) is 5.61. The molecule has 0 bridgehead atoms. The van der Waals surface area contributed by atoms with E-state index in [0.29, 0.717) is 35.4 Å². The first-order chi connectivity index (χ1) is 15.8. The number of anilines is 1. The zero-order valence-corrected chi connectivity index (χ0v) is 18.5. The predicted molar refractivity (Wildman–Crippen MR) is 117 cm³/mol. The van der Waals surface area contributed by atoms with Crippen LogP contribution in [0.15, 0.2) is 29.6 Å². The molecular formula is C22H23F2N7O2. The summed E-state index contributed by atoms with van der Waals surface area (Å²) in [5, 5.41) is 10.8. The highest BCUT2D eigenvalue weighted by Gasteiger charge is 2.39. The molecule has 33 heavy (non-hydrogen) atoms. The molecule has 1 N–H and O–H groups in total. The summed E-state index contributed by atoms with van der Waals surface area (Å²) in [7, 11) is 0. The van der Waals surface area contributed by atoms with Gasteiger partial charge in [-0.05, 0) is 37.9 Å². The quantitative estimate of drug-likeness (QED) is 0.218. The Morgan fingerprint density at radius 1 is 1.48 bits per heavy atom. The topological polar surface area (TPSA) is 117 Å². The van der Waals surface area contributed by atoms with E-state index in [-0.39, 0.29) is 30.1 Å². The van der Waals surface area contributed by atoms with Gasteiger partial charge in [-0.1, -0.05) is 12.0 Å². The summed E-state index contributed by atoms with van der Waals surface area (Å²) in [6, 6.07) is 2.03. The largest absolute Gasteiger partial charge is 0.486 e. The lowest BCUT2D eigenvalue weighted by Gasteiger charge is -2.24. The van der Waals surface area contributed by atoms with Crippen LogP contribution in [0.3, 0.4) is 0 Å². The average Bonchev–Trinajstić information content (AvgIpc) is 3.33. The molecule has 172 valence electrons. The maximum Gasteiger partial charge on any atom is 0.168 e. The molecule has 1 unspecified atom stereocenters. The molecule has 1 aliphatic rings. The maximum absolute atomic E-state index is 14.9. The summed E-state index contributed by atoms with van der Waals surface area (Å²) in [4.78, 5) is 19.6. The van der Waals surface area contributed by atoms with Gasteiger partial charge < -0.3 is 10.1 Å². The molecular weight excluding hydrogens is 432 g/mol. The SMILES string of the molecule is CCCC(=O)c1cnn2ccc(N[C@H](C)c3c(F)c(F)cc4c3OC(C)(CN=[N+]=[N-])C4)nc12. The van der Waals surface area contributed by atoms with Crippen LogP contribution < -0.4 is 10.1 Å². The van der Waals surface area contributed by atoms with Gasteiger partial charge in [-0.25, -0.2) is 18.3 Å². The normalized spacial score (nSPS) is 17.8. The molecule has 2 aromatic heterocycles. The molecule has 0 radical (unpaired) electrons. The molecule has 9 nitrogen and oxygen atoms in total. The molecule has 1 aromatic carbocycles. The van der Waals surface area contributed by atoms with E-state index in [1.807, 2.05) is 6.92 Å². The molecule has 11 heteroatoms. The highest BCUT2D eigenvalue weighted by molar-refractivity contribution is 6.01. The highest BCUT2D eigenvalue weighted by Crippen LogP contribution is 2.43. The van der Waals surface area contributed by atoms with Crippen LogP contribution >= 0.6 is 0 Å². The lowest BCUT2D eigenvalue weighted by molar-refractivity contribution is 0.0983. The number of ketones is 1. The van der Waals surface area contributed by atoms with Gasteiger partial charge in [0.15, 0.2) is 23.1 Å². The van der Waals surface area contributed by atoms with E-state index >= 15 is 0 Å². The van der Waals surface area contributed by atoms with E-state index in [4.69, 9.17) is 10.3 Å². The van der Waals surface area contributed by atoms with Crippen molar-refractivity contribution in [2.75, 3.05) is 11.9 Å². The second kappa shape index (κ2) is 8.67. The standard InChI is InChI=1S/C22H23F2N7O2/c1-4-5-16(32)14-10-27-31-7-6-17(29-21(14)31)28-12(2)18-19(24)15(23)8-13-9-22(3,11-26-30-25)33-20(13)18/h6-8,10,12H,4-5,9,11H2,1-3H3,(H,28,29)/t12-,22?/m1/s1. The first-order valence-electron chi connectivity index (χ1n) is 10.6. The van der Waals surface area contributed by atoms with Crippen molar-refractivity contribution in [3.63, 3.8) is 0 Å². The summed E-state index contributed by atoms with van der Waals surface area (Å²) < 4.78 is 36.8. The van der Waals surface area contributed by atoms with Gasteiger partial charge in [-0.15, -0.1) is 0 Å². The van der Waals surface area contributed by atoms with Gasteiger partial charge in [0.25, 0.3) is 0 Å². The second-order valence-corrected chi connectivity index (χ2v) is 8.37. The molecule has 0 fully saturated rings. The Kier molecular flexibility index (Phi) is 5.90. The van der Waals surface area contributed by atoms with Crippen molar-refractivity contribution >= 4 is 17.2 Å². The minimum Gasteiger partial charge on any atom is -0.486 e. The third-order valence-electron chi connectivity index (χ3n) is 5.61. The summed E-state index contributed by atoms with van der Waals surface area (Å²) in [6.45, 7) is 5.33. The minimum absolute atomic E-state index is 0.0205. The second-order valence-electron chi connectivity index (χ2n) is 8.37. The van der Waals surface area contributed by atoms with Crippen LogP contribution in [0.2, 0.25) is 0 Å². The summed E-state index contributed by atoms with van der Waals surface area (Å²) >= 11 is 0. The fraction of sp³-hybridized carbons (Fsp3) is 0.409. The molecule has 0 saturated heterocycles. The number of hydrogen-bond donors (Lipinski definition) is 1. The number of carbonyl (C=O) groups is 1. The third kappa shape index (κ3) is 4.19. The molecule has 0 amide bonds.